The van der Waals surface area contributed by atoms with Crippen molar-refractivity contribution in [3.63, 3.8) is 0 Å². The Bertz CT molecular complexity index is 339. The Balaban J connectivity index is 1.67. The lowest BCUT2D eigenvalue weighted by molar-refractivity contribution is 0.129. The highest BCUT2D eigenvalue weighted by Gasteiger charge is 2.34. The third kappa shape index (κ3) is 5.25. The molecule has 1 unspecified atom stereocenters. The van der Waals surface area contributed by atoms with E-state index in [0.717, 1.165) is 25.8 Å². The van der Waals surface area contributed by atoms with E-state index in [1.54, 1.807) is 0 Å². The van der Waals surface area contributed by atoms with Crippen LogP contribution in [0.2, 0.25) is 0 Å². The Labute approximate surface area is 130 Å². The Hall–Kier alpha value is -0.630. The molecule has 0 aromatic carbocycles. The molecule has 1 saturated heterocycles. The zero-order valence-corrected chi connectivity index (χ0v) is 13.9. The first-order chi connectivity index (χ1) is 10.2. The van der Waals surface area contributed by atoms with Gasteiger partial charge in [0.25, 0.3) is 0 Å². The largest absolute Gasteiger partial charge is 0.301 e. The normalized spacial score (nSPS) is 23.7. The molecule has 1 atom stereocenters. The molecular weight excluding hydrogens is 260 g/mol. The monoisotopic (exact) mass is 292 g/mol. The number of nitriles is 1. The van der Waals surface area contributed by atoms with Crippen molar-refractivity contribution in [2.45, 2.75) is 64.0 Å². The molecule has 1 aliphatic carbocycles. The topological polar surface area (TPSA) is 42.3 Å². The van der Waals surface area contributed by atoms with Crippen LogP contribution in [0.3, 0.4) is 0 Å². The van der Waals surface area contributed by atoms with Gasteiger partial charge in [0.2, 0.25) is 0 Å². The van der Waals surface area contributed by atoms with Crippen molar-refractivity contribution in [1.82, 2.24) is 15.1 Å². The van der Waals surface area contributed by atoms with Gasteiger partial charge in [-0.25, -0.2) is 0 Å². The van der Waals surface area contributed by atoms with Gasteiger partial charge in [-0.3, -0.25) is 5.32 Å². The molecule has 0 bridgehead atoms. The van der Waals surface area contributed by atoms with Crippen LogP contribution in [0.25, 0.3) is 0 Å². The van der Waals surface area contributed by atoms with E-state index in [4.69, 9.17) is 0 Å². The molecular formula is C17H32N4. The first kappa shape index (κ1) is 16.7. The number of nitrogens with zero attached hydrogens (tertiary/aromatic N) is 3. The Morgan fingerprint density at radius 1 is 1.10 bits per heavy atom. The first-order valence-corrected chi connectivity index (χ1v) is 8.85. The quantitative estimate of drug-likeness (QED) is 0.707. The number of hydrogen-bond acceptors (Lipinski definition) is 4. The number of nitrogens with one attached hydrogen (secondary N) is 1. The van der Waals surface area contributed by atoms with Crippen LogP contribution in [0.4, 0.5) is 0 Å². The van der Waals surface area contributed by atoms with Crippen LogP contribution in [-0.4, -0.2) is 60.6 Å². The average molecular weight is 292 g/mol. The molecule has 1 aliphatic heterocycles. The molecule has 4 heteroatoms. The van der Waals surface area contributed by atoms with Crippen LogP contribution in [-0.2, 0) is 0 Å². The van der Waals surface area contributed by atoms with Crippen molar-refractivity contribution in [3.8, 4) is 6.07 Å². The fraction of sp³-hybridized carbons (Fsp3) is 0.941. The van der Waals surface area contributed by atoms with Crippen LogP contribution in [0.15, 0.2) is 0 Å². The van der Waals surface area contributed by atoms with E-state index < -0.39 is 0 Å². The lowest BCUT2D eigenvalue weighted by Crippen LogP contribution is -2.48. The number of hydrogen-bond donors (Lipinski definition) is 1. The van der Waals surface area contributed by atoms with Gasteiger partial charge in [0.15, 0.2) is 0 Å². The van der Waals surface area contributed by atoms with Crippen molar-refractivity contribution in [2.24, 2.45) is 0 Å². The molecule has 4 nitrogen and oxygen atoms in total. The maximum absolute atomic E-state index is 9.55. The second-order valence-corrected chi connectivity index (χ2v) is 6.75. The fourth-order valence-electron chi connectivity index (χ4n) is 3.29. The number of piperazine rings is 1. The molecule has 0 radical (unpaired) electrons. The van der Waals surface area contributed by atoms with Gasteiger partial charge in [-0.1, -0.05) is 13.8 Å². The molecule has 2 rings (SSSR count). The van der Waals surface area contributed by atoms with E-state index in [1.807, 2.05) is 0 Å². The minimum atomic E-state index is -0.273. The van der Waals surface area contributed by atoms with Crippen molar-refractivity contribution in [3.05, 3.63) is 0 Å². The molecule has 21 heavy (non-hydrogen) atoms. The predicted molar refractivity (Wildman–Crippen MR) is 87.2 cm³/mol. The third-order valence-electron chi connectivity index (χ3n) is 4.96. The SMILES string of the molecule is CCCN1CCN(CCCC(C#N)(CC)NC2CC2)CC1. The summed E-state index contributed by atoms with van der Waals surface area (Å²) >= 11 is 0. The molecule has 0 aromatic heterocycles. The highest BCUT2D eigenvalue weighted by Crippen LogP contribution is 2.26. The lowest BCUT2D eigenvalue weighted by atomic mass is 9.91. The Kier molecular flexibility index (Phi) is 6.47. The smallest absolute Gasteiger partial charge is 0.106 e. The summed E-state index contributed by atoms with van der Waals surface area (Å²) in [6, 6.07) is 3.17. The van der Waals surface area contributed by atoms with Crippen LogP contribution in [0.1, 0.15) is 52.4 Å². The first-order valence-electron chi connectivity index (χ1n) is 8.85. The maximum Gasteiger partial charge on any atom is 0.106 e. The zero-order chi connectivity index (χ0) is 15.1. The molecule has 2 fully saturated rings. The lowest BCUT2D eigenvalue weighted by Gasteiger charge is -2.35. The molecule has 1 saturated carbocycles. The van der Waals surface area contributed by atoms with Gasteiger partial charge in [0.1, 0.15) is 5.54 Å². The van der Waals surface area contributed by atoms with Crippen molar-refractivity contribution in [2.75, 3.05) is 39.3 Å². The van der Waals surface area contributed by atoms with Crippen LogP contribution in [0.5, 0.6) is 0 Å². The summed E-state index contributed by atoms with van der Waals surface area (Å²) in [5.74, 6) is 0. The van der Waals surface area contributed by atoms with Crippen molar-refractivity contribution >= 4 is 0 Å². The van der Waals surface area contributed by atoms with E-state index in [-0.39, 0.29) is 5.54 Å². The van der Waals surface area contributed by atoms with Gasteiger partial charge in [0, 0.05) is 32.2 Å². The van der Waals surface area contributed by atoms with Gasteiger partial charge in [0.05, 0.1) is 6.07 Å². The van der Waals surface area contributed by atoms with Gasteiger partial charge in [-0.15, -0.1) is 0 Å². The molecule has 1 N–H and O–H groups in total. The highest BCUT2D eigenvalue weighted by molar-refractivity contribution is 5.09. The highest BCUT2D eigenvalue weighted by atomic mass is 15.3. The zero-order valence-electron chi connectivity index (χ0n) is 13.9. The molecule has 120 valence electrons. The fourth-order valence-corrected chi connectivity index (χ4v) is 3.29. The Morgan fingerprint density at radius 3 is 2.19 bits per heavy atom. The van der Waals surface area contributed by atoms with Crippen molar-refractivity contribution < 1.29 is 0 Å². The van der Waals surface area contributed by atoms with E-state index in [1.165, 1.54) is 52.0 Å². The second kappa shape index (κ2) is 8.12. The molecule has 1 heterocycles. The summed E-state index contributed by atoms with van der Waals surface area (Å²) < 4.78 is 0. The van der Waals surface area contributed by atoms with Gasteiger partial charge < -0.3 is 9.80 Å². The molecule has 0 spiro atoms. The average Bonchev–Trinajstić information content (AvgIpc) is 3.32. The summed E-state index contributed by atoms with van der Waals surface area (Å²) in [6.07, 6.45) is 6.81. The standard InChI is InChI=1S/C17H32N4/c1-3-9-20-11-13-21(14-12-20)10-5-8-17(4-2,15-18)19-16-6-7-16/h16,19H,3-14H2,1-2H3. The minimum absolute atomic E-state index is 0.273. The summed E-state index contributed by atoms with van der Waals surface area (Å²) in [5, 5.41) is 13.1. The third-order valence-corrected chi connectivity index (χ3v) is 4.96. The van der Waals surface area contributed by atoms with E-state index >= 15 is 0 Å². The summed E-state index contributed by atoms with van der Waals surface area (Å²) in [5.41, 5.74) is -0.273. The predicted octanol–water partition coefficient (Wildman–Crippen LogP) is 2.22. The maximum atomic E-state index is 9.55. The van der Waals surface area contributed by atoms with Crippen LogP contribution < -0.4 is 5.32 Å². The second-order valence-electron chi connectivity index (χ2n) is 6.75. The van der Waals surface area contributed by atoms with Crippen LogP contribution >= 0.6 is 0 Å². The minimum Gasteiger partial charge on any atom is -0.301 e. The van der Waals surface area contributed by atoms with Gasteiger partial charge in [-0.05, 0) is 51.6 Å². The van der Waals surface area contributed by atoms with Crippen molar-refractivity contribution in [1.29, 1.82) is 5.26 Å². The van der Waals surface area contributed by atoms with Gasteiger partial charge in [-0.2, -0.15) is 5.26 Å². The summed E-state index contributed by atoms with van der Waals surface area (Å²) in [7, 11) is 0. The van der Waals surface area contributed by atoms with E-state index in [9.17, 15) is 5.26 Å². The molecule has 0 amide bonds. The summed E-state index contributed by atoms with van der Waals surface area (Å²) in [4.78, 5) is 5.14. The van der Waals surface area contributed by atoms with Crippen LogP contribution in [0, 0.1) is 11.3 Å². The van der Waals surface area contributed by atoms with E-state index in [0.29, 0.717) is 6.04 Å². The van der Waals surface area contributed by atoms with Gasteiger partial charge >= 0.3 is 0 Å². The summed E-state index contributed by atoms with van der Waals surface area (Å²) in [6.45, 7) is 11.6. The molecule has 2 aliphatic rings. The Morgan fingerprint density at radius 2 is 1.71 bits per heavy atom. The van der Waals surface area contributed by atoms with E-state index in [2.05, 4.69) is 35.0 Å². The number of rotatable bonds is 9. The molecule has 0 aromatic rings.